The third-order valence-electron chi connectivity index (χ3n) is 1.90. The van der Waals surface area contributed by atoms with Gasteiger partial charge in [0.1, 0.15) is 0 Å². The van der Waals surface area contributed by atoms with E-state index in [4.69, 9.17) is 0 Å². The van der Waals surface area contributed by atoms with Crippen molar-refractivity contribution in [3.63, 3.8) is 0 Å². The van der Waals surface area contributed by atoms with Crippen LogP contribution in [0.5, 0.6) is 0 Å². The summed E-state index contributed by atoms with van der Waals surface area (Å²) in [5, 5.41) is 1.77. The van der Waals surface area contributed by atoms with Gasteiger partial charge in [-0.15, -0.1) is 0 Å². The van der Waals surface area contributed by atoms with Gasteiger partial charge in [-0.25, -0.2) is 14.2 Å². The highest BCUT2D eigenvalue weighted by molar-refractivity contribution is 5.20. The smallest absolute Gasteiger partial charge is 0.159 e. The van der Waals surface area contributed by atoms with Crippen molar-refractivity contribution in [3.05, 3.63) is 35.4 Å². The first-order valence-electron chi connectivity index (χ1n) is 4.39. The van der Waals surface area contributed by atoms with Crippen LogP contribution in [-0.4, -0.2) is 19.1 Å². The zero-order valence-electron chi connectivity index (χ0n) is 8.51. The molecule has 0 heterocycles. The van der Waals surface area contributed by atoms with Crippen LogP contribution in [-0.2, 0) is 0 Å². The SMILES string of the molecule is CC(NN(C)C)c1ccc(F)c(F)c1. The molecule has 0 aliphatic heterocycles. The fourth-order valence-corrected chi connectivity index (χ4v) is 1.24. The number of hydrogen-bond donors (Lipinski definition) is 1. The van der Waals surface area contributed by atoms with Crippen LogP contribution in [0.15, 0.2) is 18.2 Å². The average molecular weight is 200 g/mol. The summed E-state index contributed by atoms with van der Waals surface area (Å²) in [6.45, 7) is 1.88. The van der Waals surface area contributed by atoms with Crippen molar-refractivity contribution in [2.75, 3.05) is 14.1 Å². The van der Waals surface area contributed by atoms with Gasteiger partial charge in [-0.05, 0) is 24.6 Å². The molecule has 1 atom stereocenters. The number of benzene rings is 1. The van der Waals surface area contributed by atoms with Gasteiger partial charge in [0.25, 0.3) is 0 Å². The molecule has 1 aromatic carbocycles. The highest BCUT2D eigenvalue weighted by Crippen LogP contribution is 2.15. The van der Waals surface area contributed by atoms with Crippen molar-refractivity contribution in [1.29, 1.82) is 0 Å². The Morgan fingerprint density at radius 2 is 1.86 bits per heavy atom. The molecule has 1 unspecified atom stereocenters. The Morgan fingerprint density at radius 1 is 1.21 bits per heavy atom. The summed E-state index contributed by atoms with van der Waals surface area (Å²) >= 11 is 0. The molecule has 2 nitrogen and oxygen atoms in total. The number of nitrogens with one attached hydrogen (secondary N) is 1. The highest BCUT2D eigenvalue weighted by atomic mass is 19.2. The summed E-state index contributed by atoms with van der Waals surface area (Å²) in [4.78, 5) is 0. The average Bonchev–Trinajstić information content (AvgIpc) is 2.08. The van der Waals surface area contributed by atoms with Gasteiger partial charge in [-0.2, -0.15) is 0 Å². The summed E-state index contributed by atoms with van der Waals surface area (Å²) in [7, 11) is 3.69. The van der Waals surface area contributed by atoms with E-state index in [9.17, 15) is 8.78 Å². The van der Waals surface area contributed by atoms with Crippen LogP contribution in [0.2, 0.25) is 0 Å². The lowest BCUT2D eigenvalue weighted by molar-refractivity contribution is 0.251. The van der Waals surface area contributed by atoms with Crippen molar-refractivity contribution in [3.8, 4) is 0 Å². The second-order valence-corrected chi connectivity index (χ2v) is 3.42. The molecule has 1 aromatic rings. The second-order valence-electron chi connectivity index (χ2n) is 3.42. The van der Waals surface area contributed by atoms with Crippen LogP contribution in [0.25, 0.3) is 0 Å². The molecular weight excluding hydrogens is 186 g/mol. The van der Waals surface area contributed by atoms with E-state index in [2.05, 4.69) is 5.43 Å². The van der Waals surface area contributed by atoms with E-state index >= 15 is 0 Å². The summed E-state index contributed by atoms with van der Waals surface area (Å²) in [6.07, 6.45) is 0. The fourth-order valence-electron chi connectivity index (χ4n) is 1.24. The van der Waals surface area contributed by atoms with Crippen molar-refractivity contribution >= 4 is 0 Å². The summed E-state index contributed by atoms with van der Waals surface area (Å²) < 4.78 is 25.5. The molecule has 78 valence electrons. The van der Waals surface area contributed by atoms with Gasteiger partial charge in [0, 0.05) is 20.1 Å². The van der Waals surface area contributed by atoms with Gasteiger partial charge in [0.2, 0.25) is 0 Å². The molecule has 0 saturated carbocycles. The molecular formula is C10H14F2N2. The van der Waals surface area contributed by atoms with Gasteiger partial charge in [-0.1, -0.05) is 6.07 Å². The first kappa shape index (κ1) is 11.1. The fraction of sp³-hybridized carbons (Fsp3) is 0.400. The number of rotatable bonds is 3. The van der Waals surface area contributed by atoms with Crippen molar-refractivity contribution in [2.45, 2.75) is 13.0 Å². The normalized spacial score (nSPS) is 13.3. The third kappa shape index (κ3) is 2.75. The minimum atomic E-state index is -0.814. The van der Waals surface area contributed by atoms with Crippen molar-refractivity contribution in [1.82, 2.24) is 10.4 Å². The van der Waals surface area contributed by atoms with Crippen molar-refractivity contribution < 1.29 is 8.78 Å². The molecule has 0 amide bonds. The van der Waals surface area contributed by atoms with Gasteiger partial charge in [0.15, 0.2) is 11.6 Å². The molecule has 0 aliphatic rings. The number of halogens is 2. The molecule has 0 aliphatic carbocycles. The largest absolute Gasteiger partial charge is 0.250 e. The Labute approximate surface area is 82.5 Å². The van der Waals surface area contributed by atoms with Crippen LogP contribution in [0.4, 0.5) is 8.78 Å². The van der Waals surface area contributed by atoms with E-state index < -0.39 is 11.6 Å². The van der Waals surface area contributed by atoms with E-state index in [0.29, 0.717) is 0 Å². The van der Waals surface area contributed by atoms with E-state index in [-0.39, 0.29) is 6.04 Å². The molecule has 0 fully saturated rings. The third-order valence-corrected chi connectivity index (χ3v) is 1.90. The standard InChI is InChI=1S/C10H14F2N2/c1-7(13-14(2)3)8-4-5-9(11)10(12)6-8/h4-7,13H,1-3H3. The molecule has 0 radical (unpaired) electrons. The maximum absolute atomic E-state index is 12.9. The highest BCUT2D eigenvalue weighted by Gasteiger charge is 2.08. The maximum atomic E-state index is 12.9. The lowest BCUT2D eigenvalue weighted by atomic mass is 10.1. The van der Waals surface area contributed by atoms with Crippen LogP contribution < -0.4 is 5.43 Å². The molecule has 0 spiro atoms. The number of hydrogen-bond acceptors (Lipinski definition) is 2. The predicted octanol–water partition coefficient (Wildman–Crippen LogP) is 2.09. The lowest BCUT2D eigenvalue weighted by Crippen LogP contribution is -2.32. The van der Waals surface area contributed by atoms with Gasteiger partial charge < -0.3 is 0 Å². The van der Waals surface area contributed by atoms with Gasteiger partial charge in [0.05, 0.1) is 0 Å². The number of nitrogens with zero attached hydrogens (tertiary/aromatic N) is 1. The van der Waals surface area contributed by atoms with E-state index in [0.717, 1.165) is 11.6 Å². The van der Waals surface area contributed by atoms with Crippen LogP contribution in [0.3, 0.4) is 0 Å². The molecule has 0 bridgehead atoms. The van der Waals surface area contributed by atoms with Crippen LogP contribution in [0, 0.1) is 11.6 Å². The maximum Gasteiger partial charge on any atom is 0.159 e. The minimum Gasteiger partial charge on any atom is -0.250 e. The van der Waals surface area contributed by atoms with Crippen LogP contribution in [0.1, 0.15) is 18.5 Å². The molecule has 0 saturated heterocycles. The quantitative estimate of drug-likeness (QED) is 0.751. The Morgan fingerprint density at radius 3 is 2.36 bits per heavy atom. The molecule has 1 N–H and O–H groups in total. The zero-order valence-corrected chi connectivity index (χ0v) is 8.51. The second kappa shape index (κ2) is 4.48. The topological polar surface area (TPSA) is 15.3 Å². The Bertz CT molecular complexity index is 313. The first-order valence-corrected chi connectivity index (χ1v) is 4.39. The molecule has 14 heavy (non-hydrogen) atoms. The first-order chi connectivity index (χ1) is 6.50. The summed E-state index contributed by atoms with van der Waals surface area (Å²) in [5.41, 5.74) is 3.77. The Balaban J connectivity index is 2.80. The lowest BCUT2D eigenvalue weighted by Gasteiger charge is -2.19. The van der Waals surface area contributed by atoms with Crippen LogP contribution >= 0.6 is 0 Å². The molecule has 0 aromatic heterocycles. The molecule has 1 rings (SSSR count). The van der Waals surface area contributed by atoms with Gasteiger partial charge in [-0.3, -0.25) is 5.01 Å². The predicted molar refractivity (Wildman–Crippen MR) is 51.6 cm³/mol. The summed E-state index contributed by atoms with van der Waals surface area (Å²) in [6, 6.07) is 3.87. The van der Waals surface area contributed by atoms with Crippen molar-refractivity contribution in [2.24, 2.45) is 0 Å². The summed E-state index contributed by atoms with van der Waals surface area (Å²) in [5.74, 6) is -1.62. The number of hydrazine groups is 1. The minimum absolute atomic E-state index is 0.0416. The Hall–Kier alpha value is -1.00. The molecule has 4 heteroatoms. The Kier molecular flexibility index (Phi) is 3.55. The zero-order chi connectivity index (χ0) is 10.7. The van der Waals surface area contributed by atoms with E-state index in [1.165, 1.54) is 6.07 Å². The van der Waals surface area contributed by atoms with Gasteiger partial charge >= 0.3 is 0 Å². The van der Waals surface area contributed by atoms with E-state index in [1.54, 1.807) is 11.1 Å². The van der Waals surface area contributed by atoms with E-state index in [1.807, 2.05) is 21.0 Å². The monoisotopic (exact) mass is 200 g/mol.